The third-order valence-electron chi connectivity index (χ3n) is 5.05. The van der Waals surface area contributed by atoms with Crippen LogP contribution in [0.5, 0.6) is 5.75 Å². The Morgan fingerprint density at radius 2 is 1.81 bits per heavy atom. The van der Waals surface area contributed by atoms with E-state index in [1.807, 2.05) is 65.0 Å². The van der Waals surface area contributed by atoms with Crippen molar-refractivity contribution >= 4 is 30.0 Å². The van der Waals surface area contributed by atoms with Crippen LogP contribution < -0.4 is 15.9 Å². The molecule has 3 rings (SSSR count). The Balaban J connectivity index is 1.83. The van der Waals surface area contributed by atoms with Gasteiger partial charge in [0, 0.05) is 16.7 Å². The molecule has 1 aliphatic rings. The van der Waals surface area contributed by atoms with Crippen LogP contribution in [0.1, 0.15) is 46.3 Å². The largest absolute Gasteiger partial charge is 0.496 e. The summed E-state index contributed by atoms with van der Waals surface area (Å²) in [7, 11) is -0.517. The van der Waals surface area contributed by atoms with E-state index in [1.165, 1.54) is 0 Å². The number of hydrogen-bond acceptors (Lipinski definition) is 5. The molecule has 26 heavy (non-hydrogen) atoms. The first-order valence-corrected chi connectivity index (χ1v) is 9.00. The molecule has 1 aromatic heterocycles. The summed E-state index contributed by atoms with van der Waals surface area (Å²) in [5, 5.41) is 0.662. The molecule has 0 spiro atoms. The van der Waals surface area contributed by atoms with Crippen LogP contribution >= 0.6 is 11.6 Å². The number of nitrogens with zero attached hydrogens (tertiary/aromatic N) is 1. The monoisotopic (exact) mass is 374 g/mol. The lowest BCUT2D eigenvalue weighted by Crippen LogP contribution is -2.41. The Morgan fingerprint density at radius 3 is 2.42 bits per heavy atom. The molecule has 0 radical (unpaired) electrons. The second-order valence-electron chi connectivity index (χ2n) is 7.56. The molecule has 0 unspecified atom stereocenters. The van der Waals surface area contributed by atoms with Gasteiger partial charge in [-0.3, -0.25) is 0 Å². The predicted molar refractivity (Wildman–Crippen MR) is 105 cm³/mol. The average Bonchev–Trinajstić information content (AvgIpc) is 2.77. The van der Waals surface area contributed by atoms with Gasteiger partial charge in [0.15, 0.2) is 11.6 Å². The highest BCUT2D eigenvalue weighted by Gasteiger charge is 2.52. The van der Waals surface area contributed by atoms with Crippen molar-refractivity contribution in [3.05, 3.63) is 47.1 Å². The van der Waals surface area contributed by atoms with Gasteiger partial charge in [-0.2, -0.15) is 0 Å². The molecule has 138 valence electrons. The Morgan fingerprint density at radius 1 is 1.15 bits per heavy atom. The molecule has 0 saturated carbocycles. The van der Waals surface area contributed by atoms with Crippen molar-refractivity contribution in [2.75, 3.05) is 5.73 Å². The van der Waals surface area contributed by atoms with Crippen molar-refractivity contribution in [2.45, 2.75) is 51.9 Å². The number of nitrogen functional groups attached to an aromatic ring is 1. The van der Waals surface area contributed by atoms with Gasteiger partial charge >= 0.3 is 7.12 Å². The van der Waals surface area contributed by atoms with E-state index >= 15 is 0 Å². The number of halogens is 1. The zero-order valence-corrected chi connectivity index (χ0v) is 16.5. The normalized spacial score (nSPS) is 19.4. The molecule has 2 heterocycles. The van der Waals surface area contributed by atoms with E-state index in [-0.39, 0.29) is 6.10 Å². The molecule has 1 saturated heterocycles. The Hall–Kier alpha value is -1.76. The average molecular weight is 375 g/mol. The van der Waals surface area contributed by atoms with Crippen molar-refractivity contribution in [3.8, 4) is 5.75 Å². The van der Waals surface area contributed by atoms with Crippen LogP contribution in [0.15, 0.2) is 36.5 Å². The highest BCUT2D eigenvalue weighted by Crippen LogP contribution is 2.37. The van der Waals surface area contributed by atoms with Crippen molar-refractivity contribution < 1.29 is 14.0 Å². The highest BCUT2D eigenvalue weighted by atomic mass is 35.5. The standard InChI is InChI=1S/C19H24BClN2O3/c1-12(13-7-6-8-15(21)9-13)24-16-10-14(11-23-17(16)22)20-25-18(2,3)19(4,5)26-20/h6-12H,1-5H3,(H2,22,23)/t12-/m1/s1. The van der Waals surface area contributed by atoms with Crippen molar-refractivity contribution in [1.29, 1.82) is 0 Å². The van der Waals surface area contributed by atoms with E-state index in [0.717, 1.165) is 11.0 Å². The Kier molecular flexibility index (Phi) is 4.95. The minimum absolute atomic E-state index is 0.230. The lowest BCUT2D eigenvalue weighted by Gasteiger charge is -2.32. The number of hydrogen-bond donors (Lipinski definition) is 1. The number of ether oxygens (including phenoxy) is 1. The fourth-order valence-electron chi connectivity index (χ4n) is 2.69. The molecule has 5 nitrogen and oxygen atoms in total. The summed E-state index contributed by atoms with van der Waals surface area (Å²) in [6, 6.07) is 9.37. The van der Waals surface area contributed by atoms with Gasteiger partial charge in [0.25, 0.3) is 0 Å². The van der Waals surface area contributed by atoms with Crippen LogP contribution in [0, 0.1) is 0 Å². The van der Waals surface area contributed by atoms with Crippen LogP contribution in [-0.2, 0) is 9.31 Å². The third kappa shape index (κ3) is 3.68. The summed E-state index contributed by atoms with van der Waals surface area (Å²) < 4.78 is 18.2. The van der Waals surface area contributed by atoms with Gasteiger partial charge in [-0.25, -0.2) is 4.98 Å². The quantitative estimate of drug-likeness (QED) is 0.825. The number of aromatic nitrogens is 1. The van der Waals surface area contributed by atoms with E-state index in [0.29, 0.717) is 16.6 Å². The van der Waals surface area contributed by atoms with E-state index in [9.17, 15) is 0 Å². The van der Waals surface area contributed by atoms with Gasteiger partial charge in [-0.15, -0.1) is 0 Å². The lowest BCUT2D eigenvalue weighted by molar-refractivity contribution is 0.00578. The lowest BCUT2D eigenvalue weighted by atomic mass is 9.80. The summed E-state index contributed by atoms with van der Waals surface area (Å²) in [6.07, 6.45) is 1.43. The van der Waals surface area contributed by atoms with E-state index in [2.05, 4.69) is 4.98 Å². The van der Waals surface area contributed by atoms with Gasteiger partial charge in [-0.05, 0) is 58.4 Å². The molecule has 0 amide bonds. The maximum atomic E-state index is 6.07. The number of benzene rings is 1. The molecule has 0 aliphatic carbocycles. The summed E-state index contributed by atoms with van der Waals surface area (Å²) in [4.78, 5) is 4.25. The predicted octanol–water partition coefficient (Wildman–Crippen LogP) is 3.76. The summed E-state index contributed by atoms with van der Waals surface area (Å²) in [5.74, 6) is 0.809. The van der Waals surface area contributed by atoms with Crippen LogP contribution in [0.4, 0.5) is 5.82 Å². The zero-order valence-electron chi connectivity index (χ0n) is 15.7. The summed E-state index contributed by atoms with van der Waals surface area (Å²) in [5.41, 5.74) is 6.89. The van der Waals surface area contributed by atoms with E-state index < -0.39 is 18.3 Å². The molecule has 7 heteroatoms. The maximum Gasteiger partial charge on any atom is 0.496 e. The summed E-state index contributed by atoms with van der Waals surface area (Å²) >= 11 is 6.06. The smallest absolute Gasteiger partial charge is 0.482 e. The van der Waals surface area contributed by atoms with Crippen LogP contribution in [-0.4, -0.2) is 23.3 Å². The molecular formula is C19H24BClN2O3. The maximum absolute atomic E-state index is 6.07. The van der Waals surface area contributed by atoms with Crippen LogP contribution in [0.3, 0.4) is 0 Å². The van der Waals surface area contributed by atoms with Crippen LogP contribution in [0.2, 0.25) is 5.02 Å². The second kappa shape index (κ2) is 6.76. The number of rotatable bonds is 4. The first kappa shape index (κ1) is 19.0. The molecule has 1 fully saturated rings. The Bertz CT molecular complexity index is 797. The van der Waals surface area contributed by atoms with Gasteiger partial charge in [0.05, 0.1) is 11.2 Å². The third-order valence-corrected chi connectivity index (χ3v) is 5.29. The molecule has 1 atom stereocenters. The summed E-state index contributed by atoms with van der Waals surface area (Å²) in [6.45, 7) is 9.98. The molecule has 0 bridgehead atoms. The van der Waals surface area contributed by atoms with E-state index in [4.69, 9.17) is 31.4 Å². The first-order valence-electron chi connectivity index (χ1n) is 8.62. The zero-order chi connectivity index (χ0) is 19.1. The first-order chi connectivity index (χ1) is 12.1. The SMILES string of the molecule is C[C@@H](Oc1cc(B2OC(C)(C)C(C)(C)O2)cnc1N)c1cccc(Cl)c1. The number of nitrogens with two attached hydrogens (primary N) is 1. The van der Waals surface area contributed by atoms with Gasteiger partial charge in [-0.1, -0.05) is 23.7 Å². The fraction of sp³-hybridized carbons (Fsp3) is 0.421. The van der Waals surface area contributed by atoms with Crippen molar-refractivity contribution in [3.63, 3.8) is 0 Å². The fourth-order valence-corrected chi connectivity index (χ4v) is 2.89. The molecule has 2 aromatic rings. The number of pyridine rings is 1. The Labute approximate surface area is 159 Å². The minimum Gasteiger partial charge on any atom is -0.482 e. The van der Waals surface area contributed by atoms with Gasteiger partial charge in [0.2, 0.25) is 0 Å². The second-order valence-corrected chi connectivity index (χ2v) is 7.99. The van der Waals surface area contributed by atoms with Crippen molar-refractivity contribution in [1.82, 2.24) is 4.98 Å². The van der Waals surface area contributed by atoms with E-state index in [1.54, 1.807) is 6.20 Å². The molecular weight excluding hydrogens is 350 g/mol. The minimum atomic E-state index is -0.517. The topological polar surface area (TPSA) is 66.6 Å². The van der Waals surface area contributed by atoms with Crippen LogP contribution in [0.25, 0.3) is 0 Å². The molecule has 2 N–H and O–H groups in total. The van der Waals surface area contributed by atoms with Gasteiger partial charge < -0.3 is 19.8 Å². The van der Waals surface area contributed by atoms with Crippen molar-refractivity contribution in [2.24, 2.45) is 0 Å². The molecule has 1 aliphatic heterocycles. The number of anilines is 1. The van der Waals surface area contributed by atoms with Gasteiger partial charge in [0.1, 0.15) is 6.10 Å². The molecule has 1 aromatic carbocycles. The highest BCUT2D eigenvalue weighted by molar-refractivity contribution is 6.62.